The van der Waals surface area contributed by atoms with Crippen molar-refractivity contribution >= 4 is 33.0 Å². The van der Waals surface area contributed by atoms with Crippen LogP contribution in [0.2, 0.25) is 0 Å². The molecule has 5 rings (SSSR count). The number of nitrogens with zero attached hydrogens (tertiary/aromatic N) is 2. The van der Waals surface area contributed by atoms with Gasteiger partial charge in [0.15, 0.2) is 11.6 Å². The molecule has 4 aromatic rings. The number of pyridine rings is 1. The summed E-state index contributed by atoms with van der Waals surface area (Å²) in [5.41, 5.74) is 4.23. The summed E-state index contributed by atoms with van der Waals surface area (Å²) in [5, 5.41) is 3.24. The maximum atomic E-state index is 13.9. The van der Waals surface area contributed by atoms with Gasteiger partial charge in [0.05, 0.1) is 6.42 Å². The van der Waals surface area contributed by atoms with E-state index in [4.69, 9.17) is 0 Å². The summed E-state index contributed by atoms with van der Waals surface area (Å²) in [7, 11) is 0. The van der Waals surface area contributed by atoms with Gasteiger partial charge in [0.2, 0.25) is 5.91 Å². The lowest BCUT2D eigenvalue weighted by molar-refractivity contribution is -0.117. The molecule has 2 aromatic heterocycles. The van der Waals surface area contributed by atoms with E-state index in [1.807, 2.05) is 24.4 Å². The van der Waals surface area contributed by atoms with Crippen LogP contribution in [0.3, 0.4) is 0 Å². The molecule has 1 aliphatic heterocycles. The monoisotopic (exact) mass is 406 g/mol. The van der Waals surface area contributed by atoms with Gasteiger partial charge in [0.1, 0.15) is 0 Å². The second-order valence-electron chi connectivity index (χ2n) is 7.05. The van der Waals surface area contributed by atoms with Crippen molar-refractivity contribution in [2.45, 2.75) is 12.8 Å². The SMILES string of the molecule is O=C(Cc1cccc(F)c1F)N1CCc2cc(-c3csc4ccncc34)ccc21. The molecule has 0 radical (unpaired) electrons. The fourth-order valence-corrected chi connectivity index (χ4v) is 4.80. The number of hydrogen-bond acceptors (Lipinski definition) is 3. The molecular formula is C23H16F2N2OS. The summed E-state index contributed by atoms with van der Waals surface area (Å²) in [6, 6.07) is 12.0. The predicted molar refractivity (Wildman–Crippen MR) is 111 cm³/mol. The molecule has 0 saturated carbocycles. The Morgan fingerprint density at radius 3 is 2.97 bits per heavy atom. The zero-order valence-electron chi connectivity index (χ0n) is 15.4. The van der Waals surface area contributed by atoms with Gasteiger partial charge in [-0.05, 0) is 47.2 Å². The minimum atomic E-state index is -0.950. The molecule has 0 aliphatic carbocycles. The Hall–Kier alpha value is -3.12. The third-order valence-electron chi connectivity index (χ3n) is 5.34. The summed E-state index contributed by atoms with van der Waals surface area (Å²) in [6.07, 6.45) is 4.24. The molecule has 0 atom stereocenters. The van der Waals surface area contributed by atoms with Gasteiger partial charge in [-0.1, -0.05) is 18.2 Å². The Morgan fingerprint density at radius 2 is 2.07 bits per heavy atom. The molecule has 1 amide bonds. The minimum Gasteiger partial charge on any atom is -0.312 e. The molecule has 3 heterocycles. The van der Waals surface area contributed by atoms with E-state index in [1.165, 1.54) is 16.8 Å². The largest absolute Gasteiger partial charge is 0.312 e. The predicted octanol–water partition coefficient (Wildman–Crippen LogP) is 5.37. The smallest absolute Gasteiger partial charge is 0.231 e. The maximum absolute atomic E-state index is 13.9. The molecule has 29 heavy (non-hydrogen) atoms. The zero-order valence-corrected chi connectivity index (χ0v) is 16.2. The van der Waals surface area contributed by atoms with E-state index in [0.717, 1.165) is 40.3 Å². The third kappa shape index (κ3) is 3.09. The van der Waals surface area contributed by atoms with Crippen LogP contribution in [0.1, 0.15) is 11.1 Å². The molecule has 0 unspecified atom stereocenters. The van der Waals surface area contributed by atoms with Crippen molar-refractivity contribution in [2.75, 3.05) is 11.4 Å². The Balaban J connectivity index is 1.43. The maximum Gasteiger partial charge on any atom is 0.231 e. The van der Waals surface area contributed by atoms with Crippen LogP contribution < -0.4 is 4.90 Å². The number of carbonyl (C=O) groups is 1. The number of fused-ring (bicyclic) bond motifs is 2. The molecule has 0 N–H and O–H groups in total. The average Bonchev–Trinajstić information content (AvgIpc) is 3.35. The summed E-state index contributed by atoms with van der Waals surface area (Å²) in [4.78, 5) is 18.7. The van der Waals surface area contributed by atoms with Crippen LogP contribution in [0.15, 0.2) is 60.2 Å². The van der Waals surface area contributed by atoms with Crippen LogP contribution in [-0.2, 0) is 17.6 Å². The van der Waals surface area contributed by atoms with Gasteiger partial charge in [-0.15, -0.1) is 11.3 Å². The molecule has 1 aliphatic rings. The quantitative estimate of drug-likeness (QED) is 0.458. The third-order valence-corrected chi connectivity index (χ3v) is 6.30. The van der Waals surface area contributed by atoms with Crippen molar-refractivity contribution in [2.24, 2.45) is 0 Å². The molecule has 6 heteroatoms. The van der Waals surface area contributed by atoms with Crippen LogP contribution in [-0.4, -0.2) is 17.4 Å². The van der Waals surface area contributed by atoms with E-state index in [1.54, 1.807) is 22.4 Å². The molecule has 3 nitrogen and oxygen atoms in total. The van der Waals surface area contributed by atoms with Gasteiger partial charge in [-0.2, -0.15) is 0 Å². The normalized spacial score (nSPS) is 13.1. The van der Waals surface area contributed by atoms with Crippen LogP contribution in [0.25, 0.3) is 21.2 Å². The summed E-state index contributed by atoms with van der Waals surface area (Å²) in [5.74, 6) is -2.11. The number of aromatic nitrogens is 1. The second-order valence-corrected chi connectivity index (χ2v) is 7.96. The first-order chi connectivity index (χ1) is 14.1. The summed E-state index contributed by atoms with van der Waals surface area (Å²) >= 11 is 1.68. The lowest BCUT2D eigenvalue weighted by atomic mass is 10.0. The van der Waals surface area contributed by atoms with Gasteiger partial charge in [-0.25, -0.2) is 8.78 Å². The molecular weight excluding hydrogens is 390 g/mol. The van der Waals surface area contributed by atoms with Crippen molar-refractivity contribution < 1.29 is 13.6 Å². The lowest BCUT2D eigenvalue weighted by Gasteiger charge is -2.18. The first kappa shape index (κ1) is 17.9. The summed E-state index contributed by atoms with van der Waals surface area (Å²) in [6.45, 7) is 0.542. The molecule has 0 bridgehead atoms. The van der Waals surface area contributed by atoms with Crippen molar-refractivity contribution in [3.8, 4) is 11.1 Å². The highest BCUT2D eigenvalue weighted by Crippen LogP contribution is 2.37. The number of hydrogen-bond donors (Lipinski definition) is 0. The van der Waals surface area contributed by atoms with Crippen molar-refractivity contribution in [3.63, 3.8) is 0 Å². The van der Waals surface area contributed by atoms with E-state index in [-0.39, 0.29) is 17.9 Å². The number of thiophene rings is 1. The Labute approximate surface area is 170 Å². The number of halogens is 2. The van der Waals surface area contributed by atoms with Crippen molar-refractivity contribution in [1.82, 2.24) is 4.98 Å². The topological polar surface area (TPSA) is 33.2 Å². The number of benzene rings is 2. The van der Waals surface area contributed by atoms with Gasteiger partial charge in [0, 0.05) is 45.8 Å². The molecule has 2 aromatic carbocycles. The number of anilines is 1. The van der Waals surface area contributed by atoms with E-state index < -0.39 is 11.6 Å². The van der Waals surface area contributed by atoms with Crippen LogP contribution in [0.4, 0.5) is 14.5 Å². The van der Waals surface area contributed by atoms with Crippen LogP contribution in [0, 0.1) is 11.6 Å². The highest BCUT2D eigenvalue weighted by Gasteiger charge is 2.26. The first-order valence-electron chi connectivity index (χ1n) is 9.29. The molecule has 0 spiro atoms. The van der Waals surface area contributed by atoms with Crippen molar-refractivity contribution in [3.05, 3.63) is 83.0 Å². The van der Waals surface area contributed by atoms with E-state index >= 15 is 0 Å². The zero-order chi connectivity index (χ0) is 20.0. The van der Waals surface area contributed by atoms with Gasteiger partial charge in [0.25, 0.3) is 0 Å². The number of carbonyl (C=O) groups excluding carboxylic acids is 1. The molecule has 144 valence electrons. The van der Waals surface area contributed by atoms with E-state index in [2.05, 4.69) is 16.4 Å². The molecule has 0 saturated heterocycles. The van der Waals surface area contributed by atoms with E-state index in [0.29, 0.717) is 6.54 Å². The fourth-order valence-electron chi connectivity index (χ4n) is 3.87. The van der Waals surface area contributed by atoms with Crippen LogP contribution >= 0.6 is 11.3 Å². The lowest BCUT2D eigenvalue weighted by Crippen LogP contribution is -2.30. The highest BCUT2D eigenvalue weighted by atomic mass is 32.1. The number of rotatable bonds is 3. The standard InChI is InChI=1S/C23H16F2N2OS/c24-19-3-1-2-16(23(19)25)11-22(28)27-9-7-15-10-14(4-5-20(15)27)18-13-29-21-6-8-26-12-17(18)21/h1-6,8,10,12-13H,7,9,11H2. The first-order valence-corrected chi connectivity index (χ1v) is 10.2. The van der Waals surface area contributed by atoms with Crippen molar-refractivity contribution in [1.29, 1.82) is 0 Å². The van der Waals surface area contributed by atoms with Gasteiger partial charge >= 0.3 is 0 Å². The fraction of sp³-hybridized carbons (Fsp3) is 0.130. The average molecular weight is 406 g/mol. The highest BCUT2D eigenvalue weighted by molar-refractivity contribution is 7.17. The Bertz CT molecular complexity index is 1250. The second kappa shape index (κ2) is 7.04. The van der Waals surface area contributed by atoms with E-state index in [9.17, 15) is 13.6 Å². The Kier molecular flexibility index (Phi) is 4.36. The van der Waals surface area contributed by atoms with Gasteiger partial charge in [-0.3, -0.25) is 9.78 Å². The number of amides is 1. The van der Waals surface area contributed by atoms with Gasteiger partial charge < -0.3 is 4.90 Å². The Morgan fingerprint density at radius 1 is 1.17 bits per heavy atom. The molecule has 0 fully saturated rings. The summed E-state index contributed by atoms with van der Waals surface area (Å²) < 4.78 is 28.5. The van der Waals surface area contributed by atoms with Crippen LogP contribution in [0.5, 0.6) is 0 Å². The minimum absolute atomic E-state index is 0.0808.